The van der Waals surface area contributed by atoms with E-state index in [1.54, 1.807) is 4.57 Å². The Morgan fingerprint density at radius 3 is 2.68 bits per heavy atom. The summed E-state index contributed by atoms with van der Waals surface area (Å²) in [5.74, 6) is -1.15. The van der Waals surface area contributed by atoms with Crippen molar-refractivity contribution in [2.24, 2.45) is 0 Å². The van der Waals surface area contributed by atoms with E-state index in [2.05, 4.69) is 25.8 Å². The van der Waals surface area contributed by atoms with Crippen LogP contribution in [0.1, 0.15) is 21.7 Å². The molecule has 2 amide bonds. The molecule has 0 saturated carbocycles. The van der Waals surface area contributed by atoms with Gasteiger partial charge in [-0.25, -0.2) is 9.37 Å². The maximum atomic E-state index is 14.2. The van der Waals surface area contributed by atoms with Crippen LogP contribution >= 0.6 is 34.7 Å². The summed E-state index contributed by atoms with van der Waals surface area (Å²) in [5, 5.41) is 15.0. The second kappa shape index (κ2) is 11.3. The first-order chi connectivity index (χ1) is 18.4. The van der Waals surface area contributed by atoms with Crippen LogP contribution in [0.5, 0.6) is 0 Å². The van der Waals surface area contributed by atoms with Crippen molar-refractivity contribution in [1.82, 2.24) is 25.1 Å². The number of hydrogen-bond donors (Lipinski definition) is 2. The van der Waals surface area contributed by atoms with E-state index in [1.807, 2.05) is 55.5 Å². The average molecular weight is 567 g/mol. The first-order valence-electron chi connectivity index (χ1n) is 11.4. The van der Waals surface area contributed by atoms with E-state index in [1.165, 1.54) is 41.3 Å². The summed E-state index contributed by atoms with van der Waals surface area (Å²) in [5.41, 5.74) is 2.35. The van der Waals surface area contributed by atoms with Gasteiger partial charge in [-0.3, -0.25) is 14.2 Å². The van der Waals surface area contributed by atoms with Gasteiger partial charge in [-0.2, -0.15) is 0 Å². The zero-order valence-electron chi connectivity index (χ0n) is 19.9. The number of thioether (sulfide) groups is 1. The number of carbonyl (C=O) groups is 2. The van der Waals surface area contributed by atoms with Crippen molar-refractivity contribution in [3.05, 3.63) is 94.5 Å². The number of para-hydroxylation sites is 1. The van der Waals surface area contributed by atoms with Crippen LogP contribution in [0.25, 0.3) is 15.9 Å². The molecule has 0 bridgehead atoms. The van der Waals surface area contributed by atoms with Crippen molar-refractivity contribution in [3.63, 3.8) is 0 Å². The van der Waals surface area contributed by atoms with Gasteiger partial charge in [0.1, 0.15) is 5.82 Å². The minimum Gasteiger partial charge on any atom is -0.345 e. The number of anilines is 1. The molecule has 0 radical (unpaired) electrons. The highest BCUT2D eigenvalue weighted by Crippen LogP contribution is 2.27. The second-order valence-electron chi connectivity index (χ2n) is 8.18. The average Bonchev–Trinajstić information content (AvgIpc) is 3.49. The molecule has 0 aliphatic rings. The first-order valence-corrected chi connectivity index (χ1v) is 13.6. The highest BCUT2D eigenvalue weighted by molar-refractivity contribution is 7.99. The van der Waals surface area contributed by atoms with Crippen LogP contribution in [0.3, 0.4) is 0 Å². The molecule has 0 aliphatic carbocycles. The number of thiazole rings is 1. The largest absolute Gasteiger partial charge is 0.345 e. The van der Waals surface area contributed by atoms with Crippen molar-refractivity contribution in [1.29, 1.82) is 0 Å². The third kappa shape index (κ3) is 5.69. The molecule has 0 aliphatic heterocycles. The number of halogens is 2. The standard InChI is InChI=1S/C26H20ClFN6O2S2/c1-15-6-4-7-16(12-15)34-21(13-29-24(36)23-17(27)8-5-9-18(23)28)32-33-26(34)37-14-22(35)31-25-30-19-10-2-3-11-20(19)38-25/h2-12H,13-14H2,1H3,(H,29,36)(H,30,31,35). The summed E-state index contributed by atoms with van der Waals surface area (Å²) in [4.78, 5) is 29.8. The predicted molar refractivity (Wildman–Crippen MR) is 148 cm³/mol. The Balaban J connectivity index is 1.33. The van der Waals surface area contributed by atoms with Crippen LogP contribution in [0.2, 0.25) is 5.02 Å². The Kier molecular flexibility index (Phi) is 7.68. The summed E-state index contributed by atoms with van der Waals surface area (Å²) in [6.45, 7) is 1.91. The van der Waals surface area contributed by atoms with Crippen molar-refractivity contribution in [2.75, 3.05) is 11.1 Å². The number of rotatable bonds is 8. The third-order valence-electron chi connectivity index (χ3n) is 5.43. The van der Waals surface area contributed by atoms with Crippen LogP contribution in [-0.2, 0) is 11.3 Å². The molecule has 3 aromatic carbocycles. The zero-order valence-corrected chi connectivity index (χ0v) is 22.3. The Labute approximate surface area is 230 Å². The number of hydrogen-bond acceptors (Lipinski definition) is 7. The van der Waals surface area contributed by atoms with Gasteiger partial charge in [0.15, 0.2) is 16.1 Å². The predicted octanol–water partition coefficient (Wildman–Crippen LogP) is 5.64. The number of aryl methyl sites for hydroxylation is 1. The zero-order chi connectivity index (χ0) is 26.6. The molecule has 2 heterocycles. The van der Waals surface area contributed by atoms with Crippen molar-refractivity contribution >= 4 is 61.9 Å². The summed E-state index contributed by atoms with van der Waals surface area (Å²) >= 11 is 8.63. The van der Waals surface area contributed by atoms with Crippen molar-refractivity contribution in [3.8, 4) is 5.69 Å². The van der Waals surface area contributed by atoms with Crippen molar-refractivity contribution in [2.45, 2.75) is 18.6 Å². The van der Waals surface area contributed by atoms with Crippen molar-refractivity contribution < 1.29 is 14.0 Å². The molecule has 38 heavy (non-hydrogen) atoms. The van der Waals surface area contributed by atoms with E-state index in [-0.39, 0.29) is 28.8 Å². The summed E-state index contributed by atoms with van der Waals surface area (Å²) < 4.78 is 16.9. The molecule has 12 heteroatoms. The third-order valence-corrected chi connectivity index (χ3v) is 7.63. The monoisotopic (exact) mass is 566 g/mol. The summed E-state index contributed by atoms with van der Waals surface area (Å²) in [6.07, 6.45) is 0. The first kappa shape index (κ1) is 25.8. The number of nitrogens with one attached hydrogen (secondary N) is 2. The summed E-state index contributed by atoms with van der Waals surface area (Å²) in [6, 6.07) is 19.4. The van der Waals surface area contributed by atoms with Gasteiger partial charge in [-0.15, -0.1) is 10.2 Å². The Bertz CT molecular complexity index is 1600. The van der Waals surface area contributed by atoms with E-state index < -0.39 is 11.7 Å². The lowest BCUT2D eigenvalue weighted by Gasteiger charge is -2.12. The molecule has 2 N–H and O–H groups in total. The Morgan fingerprint density at radius 1 is 1.08 bits per heavy atom. The van der Waals surface area contributed by atoms with Gasteiger partial charge in [-0.1, -0.05) is 65.0 Å². The van der Waals surface area contributed by atoms with Gasteiger partial charge in [0, 0.05) is 5.69 Å². The molecule has 8 nitrogen and oxygen atoms in total. The van der Waals surface area contributed by atoms with E-state index in [4.69, 9.17) is 11.6 Å². The lowest BCUT2D eigenvalue weighted by molar-refractivity contribution is -0.113. The van der Waals surface area contributed by atoms with Gasteiger partial charge >= 0.3 is 0 Å². The van der Waals surface area contributed by atoms with Gasteiger partial charge < -0.3 is 10.6 Å². The van der Waals surface area contributed by atoms with Gasteiger partial charge in [-0.05, 0) is 48.9 Å². The van der Waals surface area contributed by atoms with Crippen LogP contribution < -0.4 is 10.6 Å². The quantitative estimate of drug-likeness (QED) is 0.236. The number of amides is 2. The molecule has 192 valence electrons. The van der Waals surface area contributed by atoms with Gasteiger partial charge in [0.2, 0.25) is 5.91 Å². The fourth-order valence-corrected chi connectivity index (χ4v) is 5.61. The SMILES string of the molecule is Cc1cccc(-n2c(CNC(=O)c3c(F)cccc3Cl)nnc2SCC(=O)Nc2nc3ccccc3s2)c1. The Hall–Kier alpha value is -3.80. The van der Waals surface area contributed by atoms with Gasteiger partial charge in [0.05, 0.1) is 33.1 Å². The topological polar surface area (TPSA) is 102 Å². The number of carbonyl (C=O) groups excluding carboxylic acids is 2. The molecule has 0 fully saturated rings. The molecule has 0 spiro atoms. The fraction of sp³-hybridized carbons (Fsp3) is 0.115. The van der Waals surface area contributed by atoms with E-state index in [0.29, 0.717) is 16.1 Å². The van der Waals surface area contributed by atoms with Crippen LogP contribution in [-0.4, -0.2) is 37.3 Å². The highest BCUT2D eigenvalue weighted by Gasteiger charge is 2.20. The number of fused-ring (bicyclic) bond motifs is 1. The van der Waals surface area contributed by atoms with Gasteiger partial charge in [0.25, 0.3) is 5.91 Å². The lowest BCUT2D eigenvalue weighted by atomic mass is 10.2. The minimum absolute atomic E-state index is 0.0121. The van der Waals surface area contributed by atoms with E-state index >= 15 is 0 Å². The number of benzene rings is 3. The molecular formula is C26H20ClFN6O2S2. The highest BCUT2D eigenvalue weighted by atomic mass is 35.5. The van der Waals surface area contributed by atoms with E-state index in [0.717, 1.165) is 21.5 Å². The lowest BCUT2D eigenvalue weighted by Crippen LogP contribution is -2.26. The molecule has 5 rings (SSSR count). The van der Waals surface area contributed by atoms with Crippen LogP contribution in [0, 0.1) is 12.7 Å². The molecular weight excluding hydrogens is 547 g/mol. The smallest absolute Gasteiger partial charge is 0.256 e. The summed E-state index contributed by atoms with van der Waals surface area (Å²) in [7, 11) is 0. The number of aromatic nitrogens is 4. The number of nitrogens with zero attached hydrogens (tertiary/aromatic N) is 4. The molecule has 0 atom stereocenters. The van der Waals surface area contributed by atoms with Crippen LogP contribution in [0.4, 0.5) is 9.52 Å². The normalized spacial score (nSPS) is 11.0. The van der Waals surface area contributed by atoms with Crippen LogP contribution in [0.15, 0.2) is 71.9 Å². The Morgan fingerprint density at radius 2 is 1.89 bits per heavy atom. The van der Waals surface area contributed by atoms with E-state index in [9.17, 15) is 14.0 Å². The molecule has 2 aromatic heterocycles. The molecule has 0 unspecified atom stereocenters. The minimum atomic E-state index is -0.717. The fourth-order valence-electron chi connectivity index (χ4n) is 3.71. The molecule has 0 saturated heterocycles. The maximum Gasteiger partial charge on any atom is 0.256 e. The molecule has 5 aromatic rings. The maximum absolute atomic E-state index is 14.2. The second-order valence-corrected chi connectivity index (χ2v) is 10.6.